The normalized spacial score (nSPS) is 11.9. The van der Waals surface area contributed by atoms with Crippen LogP contribution in [-0.2, 0) is 15.6 Å². The van der Waals surface area contributed by atoms with Gasteiger partial charge in [-0.15, -0.1) is 0 Å². The summed E-state index contributed by atoms with van der Waals surface area (Å²) in [6.07, 6.45) is 0. The summed E-state index contributed by atoms with van der Waals surface area (Å²) < 4.78 is 13.8. The molecule has 0 aromatic heterocycles. The van der Waals surface area contributed by atoms with E-state index in [1.807, 2.05) is 20.8 Å². The van der Waals surface area contributed by atoms with Crippen molar-refractivity contribution in [3.8, 4) is 0 Å². The first kappa shape index (κ1) is 27.8. The first-order valence-corrected chi connectivity index (χ1v) is 20.6. The summed E-state index contributed by atoms with van der Waals surface area (Å²) in [5.41, 5.74) is -0.133. The number of rotatable bonds is 4. The zero-order valence-electron chi connectivity index (χ0n) is 19.8. The van der Waals surface area contributed by atoms with Crippen LogP contribution >= 0.6 is 18.6 Å². The first-order chi connectivity index (χ1) is 14.9. The first-order valence-electron chi connectivity index (χ1n) is 10.7. The Labute approximate surface area is 212 Å². The van der Waals surface area contributed by atoms with Crippen molar-refractivity contribution in [3.63, 3.8) is 0 Å². The third-order valence-corrected chi connectivity index (χ3v) is 17.8. The summed E-state index contributed by atoms with van der Waals surface area (Å²) in [7, 11) is 11.1. The summed E-state index contributed by atoms with van der Waals surface area (Å²) in [6.45, 7) is 12.6. The van der Waals surface area contributed by atoms with Crippen molar-refractivity contribution in [1.82, 2.24) is 0 Å². The van der Waals surface area contributed by atoms with Gasteiger partial charge in [-0.3, -0.25) is 0 Å². The molecule has 32 heavy (non-hydrogen) atoms. The van der Waals surface area contributed by atoms with Gasteiger partial charge >= 0.3 is 214 Å². The molecule has 0 radical (unpaired) electrons. The summed E-state index contributed by atoms with van der Waals surface area (Å²) in [6, 6.07) is 32.7. The minimum absolute atomic E-state index is 0.0428. The van der Waals surface area contributed by atoms with E-state index in [1.54, 1.807) is 0 Å². The molecular formula is C26H33Cl2N2SbTi. The van der Waals surface area contributed by atoms with Crippen molar-refractivity contribution in [2.24, 2.45) is 3.42 Å². The van der Waals surface area contributed by atoms with E-state index in [0.29, 0.717) is 0 Å². The summed E-state index contributed by atoms with van der Waals surface area (Å²) in [5.74, 6) is 0. The molecule has 0 amide bonds. The van der Waals surface area contributed by atoms with Crippen LogP contribution < -0.4 is 10.5 Å². The van der Waals surface area contributed by atoms with Gasteiger partial charge in [0.05, 0.1) is 0 Å². The van der Waals surface area contributed by atoms with Crippen molar-refractivity contribution in [2.75, 3.05) is 0 Å². The van der Waals surface area contributed by atoms with E-state index in [1.165, 1.54) is 10.5 Å². The monoisotopic (exact) mass is 612 g/mol. The second-order valence-corrected chi connectivity index (χ2v) is 22.9. The zero-order valence-corrected chi connectivity index (χ0v) is 25.4. The fourth-order valence-electron chi connectivity index (χ4n) is 3.26. The number of nitrogens with zero attached hydrogens (tertiary/aromatic N) is 2. The van der Waals surface area contributed by atoms with E-state index in [0.717, 1.165) is 0 Å². The zero-order chi connectivity index (χ0) is 23.8. The van der Waals surface area contributed by atoms with Gasteiger partial charge in [0.2, 0.25) is 0 Å². The molecular weight excluding hydrogens is 581 g/mol. The maximum atomic E-state index is 5.55. The molecule has 0 N–H and O–H groups in total. The van der Waals surface area contributed by atoms with Gasteiger partial charge in [-0.2, -0.15) is 0 Å². The molecule has 3 aromatic carbocycles. The second kappa shape index (κ2) is 12.3. The van der Waals surface area contributed by atoms with Crippen LogP contribution in [0.15, 0.2) is 94.4 Å². The van der Waals surface area contributed by atoms with Crippen LogP contribution in [-0.4, -0.2) is 30.2 Å². The van der Waals surface area contributed by atoms with Crippen LogP contribution in [0.2, 0.25) is 0 Å². The molecule has 0 aliphatic heterocycles. The quantitative estimate of drug-likeness (QED) is 0.292. The van der Waals surface area contributed by atoms with Gasteiger partial charge in [0, 0.05) is 0 Å². The Balaban J connectivity index is 0.000000390. The molecule has 170 valence electrons. The molecule has 3 rings (SSSR count). The molecule has 0 fully saturated rings. The third kappa shape index (κ3) is 8.71. The average Bonchev–Trinajstić information content (AvgIpc) is 2.72. The average molecular weight is 614 g/mol. The summed E-state index contributed by atoms with van der Waals surface area (Å²) in [5, 5.41) is 0. The van der Waals surface area contributed by atoms with Gasteiger partial charge in [0.15, 0.2) is 0 Å². The fourth-order valence-corrected chi connectivity index (χ4v) is 17.4. The van der Waals surface area contributed by atoms with Crippen LogP contribution in [0.5, 0.6) is 0 Å². The van der Waals surface area contributed by atoms with Crippen LogP contribution in [0.3, 0.4) is 0 Å². The third-order valence-electron chi connectivity index (χ3n) is 4.26. The minimum atomic E-state index is -3.28. The van der Waals surface area contributed by atoms with E-state index in [4.69, 9.17) is 22.1 Å². The fraction of sp³-hybridized carbons (Fsp3) is 0.308. The number of halogens is 2. The molecule has 0 unspecified atom stereocenters. The number of hydrogen-bond donors (Lipinski definition) is 0. The molecule has 6 heteroatoms. The molecule has 0 aliphatic rings. The predicted molar refractivity (Wildman–Crippen MR) is 141 cm³/mol. The van der Waals surface area contributed by atoms with Gasteiger partial charge in [-0.1, -0.05) is 0 Å². The Kier molecular flexibility index (Phi) is 10.7. The van der Waals surface area contributed by atoms with Crippen molar-refractivity contribution in [1.29, 1.82) is 0 Å². The molecule has 2 nitrogen and oxygen atoms in total. The topological polar surface area (TPSA) is 26.5 Å². The SMILES string of the molecule is CC(C)(C)[N-][Sb+]([c]1ccccc1)([c]1ccccc1)[c]1ccccc1.CC(C)(C)[N]=[Ti]([Cl])[Cl]. The van der Waals surface area contributed by atoms with Crippen LogP contribution in [0.4, 0.5) is 0 Å². The summed E-state index contributed by atoms with van der Waals surface area (Å²) >= 11 is -5.23. The van der Waals surface area contributed by atoms with Gasteiger partial charge < -0.3 is 0 Å². The van der Waals surface area contributed by atoms with Gasteiger partial charge in [-0.25, -0.2) is 0 Å². The van der Waals surface area contributed by atoms with Crippen molar-refractivity contribution in [3.05, 3.63) is 94.5 Å². The van der Waals surface area contributed by atoms with E-state index < -0.39 is 34.7 Å². The van der Waals surface area contributed by atoms with Gasteiger partial charge in [-0.05, 0) is 0 Å². The molecule has 0 bridgehead atoms. The van der Waals surface area contributed by atoms with E-state index >= 15 is 0 Å². The standard InChI is InChI=1S/3C6H5.2C4H9N.2ClH.Sb.Ti/c3*1-2-4-6-5-3-1;2*1-4(2,3)5;;;;/h3*1-5H;2*1-3H3;2*1H;;/q;;;;;;;;+2/p-2. The van der Waals surface area contributed by atoms with Crippen molar-refractivity contribution in [2.45, 2.75) is 52.6 Å². The van der Waals surface area contributed by atoms with Crippen LogP contribution in [0.25, 0.3) is 3.48 Å². The Morgan fingerprint density at radius 2 is 0.938 bits per heavy atom. The molecule has 3 aromatic rings. The van der Waals surface area contributed by atoms with E-state index in [9.17, 15) is 0 Å². The molecule has 0 saturated carbocycles. The Morgan fingerprint density at radius 3 is 1.12 bits per heavy atom. The molecule has 0 saturated heterocycles. The van der Waals surface area contributed by atoms with E-state index in [2.05, 4.69) is 115 Å². The van der Waals surface area contributed by atoms with Crippen molar-refractivity contribution < 1.29 is 15.6 Å². The van der Waals surface area contributed by atoms with Gasteiger partial charge in [0.25, 0.3) is 0 Å². The Bertz CT molecular complexity index is 882. The maximum absolute atomic E-state index is 5.55. The number of benzene rings is 3. The molecule has 0 aliphatic carbocycles. The Hall–Kier alpha value is -0.468. The van der Waals surface area contributed by atoms with Crippen LogP contribution in [0, 0.1) is 0 Å². The predicted octanol–water partition coefficient (Wildman–Crippen LogP) is 6.72. The van der Waals surface area contributed by atoms with E-state index in [-0.39, 0.29) is 11.1 Å². The Morgan fingerprint density at radius 1 is 0.625 bits per heavy atom. The second-order valence-electron chi connectivity index (χ2n) is 9.44. The van der Waals surface area contributed by atoms with Crippen LogP contribution in [0.1, 0.15) is 41.5 Å². The molecule has 0 heterocycles. The van der Waals surface area contributed by atoms with Crippen molar-refractivity contribution >= 4 is 48.2 Å². The molecule has 0 atom stereocenters. The van der Waals surface area contributed by atoms with Gasteiger partial charge in [0.1, 0.15) is 0 Å². The number of hydrogen-bond acceptors (Lipinski definition) is 1. The molecule has 0 spiro atoms. The summed E-state index contributed by atoms with van der Waals surface area (Å²) in [4.78, 5) is 0.